The third-order valence-electron chi connectivity index (χ3n) is 3.58. The molecular formula is C19H22O6. The van der Waals surface area contributed by atoms with Crippen LogP contribution in [-0.2, 0) is 6.42 Å². The standard InChI is InChI=1S/C19H22O6/c1-4-24-13-8-6-12(7-9-13)10-14(20)17-15(21)11-16(25-5-2)19(23-3)18(17)22/h6-9,11,21-22H,4-5,10H2,1-3H3. The molecular weight excluding hydrogens is 324 g/mol. The number of carbonyl (C=O) groups excluding carboxylic acids is 1. The van der Waals surface area contributed by atoms with Gasteiger partial charge in [-0.05, 0) is 31.5 Å². The van der Waals surface area contributed by atoms with Crippen molar-refractivity contribution in [1.82, 2.24) is 0 Å². The number of Topliss-reactive ketones (excluding diaryl/α,β-unsaturated/α-hetero) is 1. The first-order chi connectivity index (χ1) is 12.0. The molecule has 2 aromatic carbocycles. The lowest BCUT2D eigenvalue weighted by atomic mass is 10.0. The fourth-order valence-electron chi connectivity index (χ4n) is 2.49. The zero-order valence-electron chi connectivity index (χ0n) is 14.5. The molecule has 0 aliphatic rings. The predicted octanol–water partition coefficient (Wildman–Crippen LogP) is 3.33. The average Bonchev–Trinajstić information content (AvgIpc) is 2.57. The summed E-state index contributed by atoms with van der Waals surface area (Å²) in [5.74, 6) is -0.292. The van der Waals surface area contributed by atoms with Gasteiger partial charge in [0.25, 0.3) is 0 Å². The van der Waals surface area contributed by atoms with E-state index in [0.29, 0.717) is 19.0 Å². The van der Waals surface area contributed by atoms with Gasteiger partial charge >= 0.3 is 0 Å². The largest absolute Gasteiger partial charge is 0.507 e. The van der Waals surface area contributed by atoms with Crippen molar-refractivity contribution in [2.75, 3.05) is 20.3 Å². The maximum atomic E-state index is 12.6. The zero-order valence-corrected chi connectivity index (χ0v) is 14.5. The van der Waals surface area contributed by atoms with Crippen molar-refractivity contribution in [2.24, 2.45) is 0 Å². The number of benzene rings is 2. The smallest absolute Gasteiger partial charge is 0.204 e. The number of phenolic OH excluding ortho intramolecular Hbond substituents is 2. The highest BCUT2D eigenvalue weighted by atomic mass is 16.5. The van der Waals surface area contributed by atoms with E-state index >= 15 is 0 Å². The lowest BCUT2D eigenvalue weighted by molar-refractivity contribution is 0.0987. The normalized spacial score (nSPS) is 10.4. The van der Waals surface area contributed by atoms with Crippen molar-refractivity contribution < 1.29 is 29.2 Å². The molecule has 2 N–H and O–H groups in total. The maximum absolute atomic E-state index is 12.6. The van der Waals surface area contributed by atoms with Crippen molar-refractivity contribution in [1.29, 1.82) is 0 Å². The minimum Gasteiger partial charge on any atom is -0.507 e. The van der Waals surface area contributed by atoms with Gasteiger partial charge in [0.1, 0.15) is 17.1 Å². The molecule has 0 bridgehead atoms. The van der Waals surface area contributed by atoms with E-state index in [4.69, 9.17) is 14.2 Å². The van der Waals surface area contributed by atoms with E-state index in [9.17, 15) is 15.0 Å². The molecule has 0 aromatic heterocycles. The lowest BCUT2D eigenvalue weighted by Gasteiger charge is -2.15. The molecule has 0 fully saturated rings. The summed E-state index contributed by atoms with van der Waals surface area (Å²) < 4.78 is 15.8. The van der Waals surface area contributed by atoms with E-state index in [-0.39, 0.29) is 29.2 Å². The molecule has 0 amide bonds. The number of phenols is 2. The number of ketones is 1. The number of hydrogen-bond acceptors (Lipinski definition) is 6. The Bertz CT molecular complexity index is 737. The van der Waals surface area contributed by atoms with Gasteiger partial charge in [0.05, 0.1) is 20.3 Å². The summed E-state index contributed by atoms with van der Waals surface area (Å²) in [7, 11) is 1.36. The fraction of sp³-hybridized carbons (Fsp3) is 0.316. The van der Waals surface area contributed by atoms with Gasteiger partial charge < -0.3 is 24.4 Å². The van der Waals surface area contributed by atoms with E-state index < -0.39 is 11.5 Å². The van der Waals surface area contributed by atoms with Gasteiger partial charge in [0, 0.05) is 12.5 Å². The molecule has 134 valence electrons. The number of rotatable bonds is 8. The van der Waals surface area contributed by atoms with Crippen LogP contribution in [-0.4, -0.2) is 36.3 Å². The Morgan fingerprint density at radius 3 is 2.24 bits per heavy atom. The molecule has 0 radical (unpaired) electrons. The van der Waals surface area contributed by atoms with Crippen LogP contribution in [0, 0.1) is 0 Å². The second-order valence-corrected chi connectivity index (χ2v) is 5.26. The predicted molar refractivity (Wildman–Crippen MR) is 93.1 cm³/mol. The quantitative estimate of drug-likeness (QED) is 0.713. The summed E-state index contributed by atoms with van der Waals surface area (Å²) in [6, 6.07) is 8.34. The highest BCUT2D eigenvalue weighted by Crippen LogP contribution is 2.44. The zero-order chi connectivity index (χ0) is 18.4. The molecule has 0 aliphatic carbocycles. The van der Waals surface area contributed by atoms with E-state index in [1.807, 2.05) is 6.92 Å². The van der Waals surface area contributed by atoms with E-state index in [2.05, 4.69) is 0 Å². The Morgan fingerprint density at radius 1 is 1.04 bits per heavy atom. The van der Waals surface area contributed by atoms with Gasteiger partial charge in [-0.2, -0.15) is 0 Å². The van der Waals surface area contributed by atoms with Crippen LogP contribution >= 0.6 is 0 Å². The number of carbonyl (C=O) groups is 1. The third-order valence-corrected chi connectivity index (χ3v) is 3.58. The molecule has 0 saturated carbocycles. The fourth-order valence-corrected chi connectivity index (χ4v) is 2.49. The second-order valence-electron chi connectivity index (χ2n) is 5.26. The molecule has 0 unspecified atom stereocenters. The van der Waals surface area contributed by atoms with Crippen LogP contribution < -0.4 is 14.2 Å². The Labute approximate surface area is 146 Å². The Balaban J connectivity index is 2.29. The van der Waals surface area contributed by atoms with Crippen molar-refractivity contribution in [3.8, 4) is 28.7 Å². The van der Waals surface area contributed by atoms with Gasteiger partial charge in [-0.15, -0.1) is 0 Å². The first-order valence-corrected chi connectivity index (χ1v) is 8.02. The first kappa shape index (κ1) is 18.4. The van der Waals surface area contributed by atoms with Crippen LogP contribution in [0.5, 0.6) is 28.7 Å². The van der Waals surface area contributed by atoms with Crippen LogP contribution in [0.4, 0.5) is 0 Å². The van der Waals surface area contributed by atoms with E-state index in [1.54, 1.807) is 31.2 Å². The number of hydrogen-bond donors (Lipinski definition) is 2. The Kier molecular flexibility index (Phi) is 6.11. The van der Waals surface area contributed by atoms with E-state index in [0.717, 1.165) is 5.56 Å². The summed E-state index contributed by atoms with van der Waals surface area (Å²) in [6.07, 6.45) is 0.0185. The summed E-state index contributed by atoms with van der Waals surface area (Å²) in [4.78, 5) is 12.6. The maximum Gasteiger partial charge on any atom is 0.204 e. The lowest BCUT2D eigenvalue weighted by Crippen LogP contribution is -2.06. The van der Waals surface area contributed by atoms with Crippen molar-refractivity contribution >= 4 is 5.78 Å². The van der Waals surface area contributed by atoms with Crippen LogP contribution in [0.25, 0.3) is 0 Å². The van der Waals surface area contributed by atoms with Crippen molar-refractivity contribution in [3.63, 3.8) is 0 Å². The van der Waals surface area contributed by atoms with Gasteiger partial charge in [0.15, 0.2) is 17.3 Å². The van der Waals surface area contributed by atoms with Crippen LogP contribution in [0.3, 0.4) is 0 Å². The summed E-state index contributed by atoms with van der Waals surface area (Å²) in [6.45, 7) is 4.54. The van der Waals surface area contributed by atoms with Crippen LogP contribution in [0.15, 0.2) is 30.3 Å². The minimum absolute atomic E-state index is 0.0185. The monoisotopic (exact) mass is 346 g/mol. The number of ether oxygens (including phenoxy) is 3. The topological polar surface area (TPSA) is 85.2 Å². The molecule has 0 aliphatic heterocycles. The molecule has 0 saturated heterocycles. The molecule has 6 heteroatoms. The van der Waals surface area contributed by atoms with Crippen LogP contribution in [0.1, 0.15) is 29.8 Å². The molecule has 0 heterocycles. The molecule has 0 atom stereocenters. The van der Waals surface area contributed by atoms with E-state index in [1.165, 1.54) is 13.2 Å². The minimum atomic E-state index is -0.430. The molecule has 2 rings (SSSR count). The Hall–Kier alpha value is -2.89. The summed E-state index contributed by atoms with van der Waals surface area (Å²) >= 11 is 0. The highest BCUT2D eigenvalue weighted by molar-refractivity contribution is 6.03. The Morgan fingerprint density at radius 2 is 1.68 bits per heavy atom. The third kappa shape index (κ3) is 4.15. The van der Waals surface area contributed by atoms with Crippen molar-refractivity contribution in [3.05, 3.63) is 41.5 Å². The van der Waals surface area contributed by atoms with Gasteiger partial charge in [0.2, 0.25) is 5.75 Å². The number of methoxy groups -OCH3 is 1. The molecule has 0 spiro atoms. The van der Waals surface area contributed by atoms with Crippen LogP contribution in [0.2, 0.25) is 0 Å². The number of aromatic hydroxyl groups is 2. The summed E-state index contributed by atoms with van der Waals surface area (Å²) in [5, 5.41) is 20.5. The molecule has 2 aromatic rings. The average molecular weight is 346 g/mol. The van der Waals surface area contributed by atoms with Crippen molar-refractivity contribution in [2.45, 2.75) is 20.3 Å². The highest BCUT2D eigenvalue weighted by Gasteiger charge is 2.24. The summed E-state index contributed by atoms with van der Waals surface area (Å²) in [5.41, 5.74) is 0.550. The molecule has 6 nitrogen and oxygen atoms in total. The second kappa shape index (κ2) is 8.28. The SMILES string of the molecule is CCOc1ccc(CC(=O)c2c(O)cc(OCC)c(OC)c2O)cc1. The molecule has 25 heavy (non-hydrogen) atoms. The van der Waals surface area contributed by atoms with Gasteiger partial charge in [-0.25, -0.2) is 0 Å². The first-order valence-electron chi connectivity index (χ1n) is 8.02. The van der Waals surface area contributed by atoms with Gasteiger partial charge in [-0.1, -0.05) is 12.1 Å². The van der Waals surface area contributed by atoms with Gasteiger partial charge in [-0.3, -0.25) is 4.79 Å².